The maximum absolute atomic E-state index is 12.9. The summed E-state index contributed by atoms with van der Waals surface area (Å²) in [7, 11) is 0. The molecule has 1 unspecified atom stereocenters. The Morgan fingerprint density at radius 3 is 2.70 bits per heavy atom. The van der Waals surface area contributed by atoms with Gasteiger partial charge in [-0.15, -0.1) is 11.3 Å². The summed E-state index contributed by atoms with van der Waals surface area (Å²) in [6.45, 7) is 0. The van der Waals surface area contributed by atoms with Crippen LogP contribution in [0, 0.1) is 0 Å². The quantitative estimate of drug-likeness (QED) is 0.442. The van der Waals surface area contributed by atoms with Crippen LogP contribution in [0.3, 0.4) is 0 Å². The standard InChI is InChI=1S/C21H16N4O4S/c22-20(27)18(26)16(9-12-11-30-17-7-2-1-5-13(12)17)25-21(28)14-10-24-29-19(14)15-6-3-4-8-23-15/h1-8,10-11,16H,9H2,(H2,22,27)(H,25,28). The van der Waals surface area contributed by atoms with Crippen LogP contribution in [0.15, 0.2) is 64.8 Å². The predicted octanol–water partition coefficient (Wildman–Crippen LogP) is 2.35. The third-order valence-corrected chi connectivity index (χ3v) is 5.57. The Balaban J connectivity index is 1.62. The van der Waals surface area contributed by atoms with Crippen LogP contribution in [-0.4, -0.2) is 33.8 Å². The second kappa shape index (κ2) is 8.26. The van der Waals surface area contributed by atoms with Gasteiger partial charge in [0, 0.05) is 17.3 Å². The SMILES string of the molecule is NC(=O)C(=O)C(Cc1csc2ccccc12)NC(=O)c1cnoc1-c1ccccn1. The van der Waals surface area contributed by atoms with E-state index in [4.69, 9.17) is 10.3 Å². The zero-order valence-corrected chi connectivity index (χ0v) is 16.4. The lowest BCUT2D eigenvalue weighted by Gasteiger charge is -2.16. The van der Waals surface area contributed by atoms with E-state index in [1.807, 2.05) is 29.6 Å². The average molecular weight is 420 g/mol. The molecule has 1 aromatic carbocycles. The number of aromatic nitrogens is 2. The molecule has 0 aliphatic heterocycles. The first kappa shape index (κ1) is 19.5. The van der Waals surface area contributed by atoms with Gasteiger partial charge in [-0.25, -0.2) is 0 Å². The average Bonchev–Trinajstić information content (AvgIpc) is 3.41. The van der Waals surface area contributed by atoms with Gasteiger partial charge in [-0.3, -0.25) is 19.4 Å². The van der Waals surface area contributed by atoms with E-state index in [2.05, 4.69) is 15.5 Å². The van der Waals surface area contributed by atoms with E-state index in [1.165, 1.54) is 17.5 Å². The first-order chi connectivity index (χ1) is 14.5. The van der Waals surface area contributed by atoms with Crippen LogP contribution in [0.5, 0.6) is 0 Å². The lowest BCUT2D eigenvalue weighted by Crippen LogP contribution is -2.47. The van der Waals surface area contributed by atoms with E-state index in [0.29, 0.717) is 5.69 Å². The monoisotopic (exact) mass is 420 g/mol. The van der Waals surface area contributed by atoms with E-state index < -0.39 is 23.6 Å². The van der Waals surface area contributed by atoms with Gasteiger partial charge in [0.2, 0.25) is 5.78 Å². The van der Waals surface area contributed by atoms with Crippen LogP contribution in [0.2, 0.25) is 0 Å². The molecule has 0 spiro atoms. The summed E-state index contributed by atoms with van der Waals surface area (Å²) in [5.74, 6) is -2.44. The van der Waals surface area contributed by atoms with Gasteiger partial charge >= 0.3 is 0 Å². The number of rotatable bonds is 7. The fourth-order valence-corrected chi connectivity index (χ4v) is 4.09. The topological polar surface area (TPSA) is 128 Å². The van der Waals surface area contributed by atoms with Crippen molar-refractivity contribution in [2.24, 2.45) is 5.73 Å². The molecule has 0 saturated heterocycles. The Bertz CT molecular complexity index is 1230. The van der Waals surface area contributed by atoms with Crippen LogP contribution < -0.4 is 11.1 Å². The van der Waals surface area contributed by atoms with E-state index in [0.717, 1.165) is 15.6 Å². The number of fused-ring (bicyclic) bond motifs is 1. The number of nitrogens with one attached hydrogen (secondary N) is 1. The molecule has 0 saturated carbocycles. The van der Waals surface area contributed by atoms with E-state index in [1.54, 1.807) is 24.4 Å². The number of thiophene rings is 1. The van der Waals surface area contributed by atoms with Gasteiger partial charge in [-0.2, -0.15) is 0 Å². The number of carbonyl (C=O) groups is 3. The summed E-state index contributed by atoms with van der Waals surface area (Å²) < 4.78 is 6.22. The van der Waals surface area contributed by atoms with Gasteiger partial charge in [0.1, 0.15) is 17.3 Å². The maximum atomic E-state index is 12.9. The molecule has 0 aliphatic rings. The van der Waals surface area contributed by atoms with Crippen molar-refractivity contribution in [3.63, 3.8) is 0 Å². The molecule has 30 heavy (non-hydrogen) atoms. The largest absolute Gasteiger partial charge is 0.363 e. The molecule has 0 bridgehead atoms. The minimum Gasteiger partial charge on any atom is -0.363 e. The molecule has 0 radical (unpaired) electrons. The smallest absolute Gasteiger partial charge is 0.287 e. The van der Waals surface area contributed by atoms with Crippen molar-refractivity contribution in [2.45, 2.75) is 12.5 Å². The fraction of sp³-hybridized carbons (Fsp3) is 0.0952. The van der Waals surface area contributed by atoms with Crippen molar-refractivity contribution >= 4 is 39.0 Å². The lowest BCUT2D eigenvalue weighted by molar-refractivity contribution is -0.137. The van der Waals surface area contributed by atoms with E-state index >= 15 is 0 Å². The second-order valence-corrected chi connectivity index (χ2v) is 7.41. The highest BCUT2D eigenvalue weighted by molar-refractivity contribution is 7.17. The third-order valence-electron chi connectivity index (χ3n) is 4.56. The number of primary amides is 1. The summed E-state index contributed by atoms with van der Waals surface area (Å²) in [5.41, 5.74) is 6.58. The van der Waals surface area contributed by atoms with Gasteiger partial charge < -0.3 is 15.6 Å². The van der Waals surface area contributed by atoms with E-state index in [-0.39, 0.29) is 17.7 Å². The summed E-state index contributed by atoms with van der Waals surface area (Å²) >= 11 is 1.52. The Morgan fingerprint density at radius 1 is 1.13 bits per heavy atom. The van der Waals surface area contributed by atoms with Crippen molar-refractivity contribution in [3.05, 3.63) is 71.4 Å². The number of ketones is 1. The van der Waals surface area contributed by atoms with Crippen LogP contribution in [0.4, 0.5) is 0 Å². The van der Waals surface area contributed by atoms with Gasteiger partial charge in [-0.1, -0.05) is 29.4 Å². The molecule has 0 fully saturated rings. The van der Waals surface area contributed by atoms with E-state index in [9.17, 15) is 14.4 Å². The summed E-state index contributed by atoms with van der Waals surface area (Å²) in [5, 5.41) is 9.13. The zero-order chi connectivity index (χ0) is 21.1. The number of hydrogen-bond acceptors (Lipinski definition) is 7. The zero-order valence-electron chi connectivity index (χ0n) is 15.6. The summed E-state index contributed by atoms with van der Waals surface area (Å²) in [6, 6.07) is 11.7. The minimum atomic E-state index is -1.13. The number of pyridine rings is 1. The fourth-order valence-electron chi connectivity index (χ4n) is 3.11. The molecule has 3 aromatic heterocycles. The van der Waals surface area contributed by atoms with Crippen LogP contribution >= 0.6 is 11.3 Å². The first-order valence-electron chi connectivity index (χ1n) is 9.00. The minimum absolute atomic E-state index is 0.103. The summed E-state index contributed by atoms with van der Waals surface area (Å²) in [4.78, 5) is 41.0. The highest BCUT2D eigenvalue weighted by Crippen LogP contribution is 2.27. The number of carbonyl (C=O) groups excluding carboxylic acids is 3. The van der Waals surface area contributed by atoms with Gasteiger partial charge in [0.15, 0.2) is 5.76 Å². The second-order valence-electron chi connectivity index (χ2n) is 6.50. The molecule has 8 nitrogen and oxygen atoms in total. The van der Waals surface area contributed by atoms with Crippen molar-refractivity contribution in [1.82, 2.24) is 15.5 Å². The third kappa shape index (κ3) is 3.83. The van der Waals surface area contributed by atoms with Crippen LogP contribution in [-0.2, 0) is 16.0 Å². The number of benzene rings is 1. The molecule has 4 rings (SSSR count). The Kier molecular flexibility index (Phi) is 5.36. The van der Waals surface area contributed by atoms with Crippen molar-refractivity contribution in [2.75, 3.05) is 0 Å². The normalized spacial score (nSPS) is 11.9. The van der Waals surface area contributed by atoms with Crippen molar-refractivity contribution < 1.29 is 18.9 Å². The Morgan fingerprint density at radius 2 is 1.93 bits per heavy atom. The van der Waals surface area contributed by atoms with Gasteiger partial charge in [-0.05, 0) is 34.5 Å². The highest BCUT2D eigenvalue weighted by atomic mass is 32.1. The van der Waals surface area contributed by atoms with Gasteiger partial charge in [0.25, 0.3) is 11.8 Å². The Hall–Kier alpha value is -3.85. The van der Waals surface area contributed by atoms with Crippen molar-refractivity contribution in [3.8, 4) is 11.5 Å². The molecule has 4 aromatic rings. The molecule has 0 aliphatic carbocycles. The van der Waals surface area contributed by atoms with Gasteiger partial charge in [0.05, 0.1) is 6.20 Å². The lowest BCUT2D eigenvalue weighted by atomic mass is 10.0. The number of nitrogens with two attached hydrogens (primary N) is 1. The Labute approximate surface area is 174 Å². The molecular formula is C21H16N4O4S. The highest BCUT2D eigenvalue weighted by Gasteiger charge is 2.29. The van der Waals surface area contributed by atoms with Crippen LogP contribution in [0.25, 0.3) is 21.5 Å². The molecule has 3 heterocycles. The maximum Gasteiger partial charge on any atom is 0.287 e. The molecule has 9 heteroatoms. The molecule has 3 N–H and O–H groups in total. The summed E-state index contributed by atoms with van der Waals surface area (Å²) in [6.07, 6.45) is 2.92. The molecule has 1 atom stereocenters. The van der Waals surface area contributed by atoms with Crippen LogP contribution in [0.1, 0.15) is 15.9 Å². The molecular weight excluding hydrogens is 404 g/mol. The van der Waals surface area contributed by atoms with Crippen molar-refractivity contribution in [1.29, 1.82) is 0 Å². The number of amides is 2. The number of Topliss-reactive ketones (excluding diaryl/α,β-unsaturated/α-hetero) is 1. The molecule has 2 amide bonds. The predicted molar refractivity (Wildman–Crippen MR) is 111 cm³/mol. The first-order valence-corrected chi connectivity index (χ1v) is 9.88. The number of nitrogens with zero attached hydrogens (tertiary/aromatic N) is 2. The number of hydrogen-bond donors (Lipinski definition) is 2. The molecule has 150 valence electrons.